The Bertz CT molecular complexity index is 727. The molecule has 1 aromatic rings. The summed E-state index contributed by atoms with van der Waals surface area (Å²) in [5.41, 5.74) is -0.345. The smallest absolute Gasteiger partial charge is 0.493 e. The van der Waals surface area contributed by atoms with Crippen molar-refractivity contribution in [2.75, 3.05) is 14.2 Å². The van der Waals surface area contributed by atoms with E-state index in [0.29, 0.717) is 11.5 Å². The van der Waals surface area contributed by atoms with Gasteiger partial charge in [-0.1, -0.05) is 6.07 Å². The molecule has 2 saturated heterocycles. The molecule has 2 fully saturated rings. The zero-order valence-corrected chi connectivity index (χ0v) is 18.8. The van der Waals surface area contributed by atoms with Crippen molar-refractivity contribution in [2.24, 2.45) is 0 Å². The van der Waals surface area contributed by atoms with E-state index in [4.69, 9.17) is 28.1 Å². The van der Waals surface area contributed by atoms with E-state index in [1.54, 1.807) is 14.2 Å². The molecule has 0 bridgehead atoms. The Morgan fingerprint density at radius 2 is 1.07 bits per heavy atom. The third-order valence-corrected chi connectivity index (χ3v) is 6.61. The van der Waals surface area contributed by atoms with E-state index in [0.717, 1.165) is 10.9 Å². The summed E-state index contributed by atoms with van der Waals surface area (Å²) in [7, 11) is 2.02. The summed E-state index contributed by atoms with van der Waals surface area (Å²) in [6.45, 7) is 16.2. The van der Waals surface area contributed by atoms with E-state index in [-0.39, 0.29) is 0 Å². The summed E-state index contributed by atoms with van der Waals surface area (Å²) >= 11 is 0. The van der Waals surface area contributed by atoms with Gasteiger partial charge in [0.15, 0.2) is 11.5 Å². The van der Waals surface area contributed by atoms with Gasteiger partial charge in [-0.3, -0.25) is 0 Å². The van der Waals surface area contributed by atoms with Gasteiger partial charge in [-0.15, -0.1) is 0 Å². The van der Waals surface area contributed by atoms with Gasteiger partial charge >= 0.3 is 14.2 Å². The van der Waals surface area contributed by atoms with Gasteiger partial charge in [0.2, 0.25) is 0 Å². The SMILES string of the molecule is COc1ccc(B2OC(C)(C)C(C)(C)O2)c(B2OC(C)(C)C(C)(C)O2)c1OC. The van der Waals surface area contributed by atoms with Crippen molar-refractivity contribution < 1.29 is 28.1 Å². The van der Waals surface area contributed by atoms with Gasteiger partial charge in [0.25, 0.3) is 0 Å². The molecule has 154 valence electrons. The van der Waals surface area contributed by atoms with Crippen LogP contribution in [0.1, 0.15) is 55.4 Å². The van der Waals surface area contributed by atoms with Crippen LogP contribution in [0, 0.1) is 0 Å². The molecule has 2 heterocycles. The molecular formula is C20H32B2O6. The topological polar surface area (TPSA) is 55.4 Å². The van der Waals surface area contributed by atoms with Crippen LogP contribution in [0.3, 0.4) is 0 Å². The summed E-state index contributed by atoms with van der Waals surface area (Å²) in [5, 5.41) is 0. The first kappa shape index (κ1) is 21.5. The zero-order valence-electron chi connectivity index (χ0n) is 18.8. The minimum absolute atomic E-state index is 0.460. The van der Waals surface area contributed by atoms with Crippen molar-refractivity contribution in [1.82, 2.24) is 0 Å². The van der Waals surface area contributed by atoms with Gasteiger partial charge in [-0.25, -0.2) is 0 Å². The summed E-state index contributed by atoms with van der Waals surface area (Å²) in [4.78, 5) is 0. The van der Waals surface area contributed by atoms with E-state index in [1.165, 1.54) is 0 Å². The van der Waals surface area contributed by atoms with Crippen LogP contribution < -0.4 is 20.4 Å². The van der Waals surface area contributed by atoms with Crippen LogP contribution in [0.15, 0.2) is 12.1 Å². The Labute approximate surface area is 169 Å². The Balaban J connectivity index is 2.13. The molecule has 0 N–H and O–H groups in total. The maximum Gasteiger partial charge on any atom is 0.498 e. The van der Waals surface area contributed by atoms with E-state index in [9.17, 15) is 0 Å². The van der Waals surface area contributed by atoms with Crippen molar-refractivity contribution in [1.29, 1.82) is 0 Å². The molecule has 0 radical (unpaired) electrons. The molecule has 2 aliphatic heterocycles. The van der Waals surface area contributed by atoms with Crippen molar-refractivity contribution in [3.05, 3.63) is 12.1 Å². The van der Waals surface area contributed by atoms with E-state index >= 15 is 0 Å². The minimum atomic E-state index is -0.635. The number of hydrogen-bond acceptors (Lipinski definition) is 6. The summed E-state index contributed by atoms with van der Waals surface area (Å²) < 4.78 is 36.5. The Kier molecular flexibility index (Phi) is 5.11. The molecule has 0 saturated carbocycles. The molecule has 6 nitrogen and oxygen atoms in total. The van der Waals surface area contributed by atoms with Crippen LogP contribution in [0.2, 0.25) is 0 Å². The Morgan fingerprint density at radius 3 is 1.46 bits per heavy atom. The highest BCUT2D eigenvalue weighted by Crippen LogP contribution is 2.40. The molecule has 0 spiro atoms. The fourth-order valence-corrected chi connectivity index (χ4v) is 3.35. The second kappa shape index (κ2) is 6.66. The predicted molar refractivity (Wildman–Crippen MR) is 111 cm³/mol. The van der Waals surface area contributed by atoms with Gasteiger partial charge in [0.05, 0.1) is 36.6 Å². The maximum absolute atomic E-state index is 6.33. The van der Waals surface area contributed by atoms with Crippen molar-refractivity contribution in [2.45, 2.75) is 77.8 Å². The number of hydrogen-bond donors (Lipinski definition) is 0. The number of rotatable bonds is 4. The highest BCUT2D eigenvalue weighted by molar-refractivity contribution is 6.75. The molecule has 1 aromatic carbocycles. The zero-order chi connectivity index (χ0) is 21.1. The lowest BCUT2D eigenvalue weighted by atomic mass is 9.64. The maximum atomic E-state index is 6.33. The average molecular weight is 390 g/mol. The van der Waals surface area contributed by atoms with Crippen LogP contribution in [-0.4, -0.2) is 50.9 Å². The average Bonchev–Trinajstić information content (AvgIpc) is 2.92. The van der Waals surface area contributed by atoms with Crippen molar-refractivity contribution in [3.63, 3.8) is 0 Å². The standard InChI is InChI=1S/C20H32B2O6/c1-17(2)18(3,4)26-21(25-17)13-11-12-14(23-9)16(24-10)15(13)22-27-19(5,6)20(7,8)28-22/h11-12H,1-10H3. The van der Waals surface area contributed by atoms with E-state index < -0.39 is 36.6 Å². The number of ether oxygens (including phenoxy) is 2. The summed E-state index contributed by atoms with van der Waals surface area (Å²) in [6.07, 6.45) is 0. The second-order valence-electron chi connectivity index (χ2n) is 9.48. The third-order valence-electron chi connectivity index (χ3n) is 6.61. The fraction of sp³-hybridized carbons (Fsp3) is 0.700. The summed E-state index contributed by atoms with van der Waals surface area (Å²) in [6, 6.07) is 3.79. The van der Waals surface area contributed by atoms with Crippen LogP contribution in [0.25, 0.3) is 0 Å². The van der Waals surface area contributed by atoms with Crippen molar-refractivity contribution >= 4 is 25.2 Å². The van der Waals surface area contributed by atoms with Crippen LogP contribution in [0.4, 0.5) is 0 Å². The van der Waals surface area contributed by atoms with Gasteiger partial charge < -0.3 is 28.1 Å². The molecule has 3 rings (SSSR count). The van der Waals surface area contributed by atoms with E-state index in [1.807, 2.05) is 67.5 Å². The molecule has 8 heteroatoms. The minimum Gasteiger partial charge on any atom is -0.493 e. The Morgan fingerprint density at radius 1 is 0.643 bits per heavy atom. The molecule has 0 aliphatic carbocycles. The molecule has 0 atom stereocenters. The molecule has 0 amide bonds. The van der Waals surface area contributed by atoms with Gasteiger partial charge in [-0.05, 0) is 66.9 Å². The summed E-state index contributed by atoms with van der Waals surface area (Å²) in [5.74, 6) is 1.17. The fourth-order valence-electron chi connectivity index (χ4n) is 3.35. The quantitative estimate of drug-likeness (QED) is 0.736. The first-order valence-electron chi connectivity index (χ1n) is 9.72. The molecule has 0 unspecified atom stereocenters. The molecule has 0 aromatic heterocycles. The lowest BCUT2D eigenvalue weighted by molar-refractivity contribution is 0.00578. The second-order valence-corrected chi connectivity index (χ2v) is 9.48. The van der Waals surface area contributed by atoms with E-state index in [2.05, 4.69) is 0 Å². The predicted octanol–water partition coefficient (Wildman–Crippen LogP) is 2.30. The highest BCUT2D eigenvalue weighted by atomic mass is 16.7. The van der Waals surface area contributed by atoms with Gasteiger partial charge in [0, 0.05) is 5.46 Å². The first-order valence-corrected chi connectivity index (χ1v) is 9.72. The van der Waals surface area contributed by atoms with Crippen molar-refractivity contribution in [3.8, 4) is 11.5 Å². The molecule has 28 heavy (non-hydrogen) atoms. The lowest BCUT2D eigenvalue weighted by Gasteiger charge is -2.32. The lowest BCUT2D eigenvalue weighted by Crippen LogP contribution is -2.52. The first-order chi connectivity index (χ1) is 12.8. The Hall–Kier alpha value is -1.21. The highest BCUT2D eigenvalue weighted by Gasteiger charge is 2.57. The van der Waals surface area contributed by atoms with Gasteiger partial charge in [0.1, 0.15) is 0 Å². The largest absolute Gasteiger partial charge is 0.498 e. The number of methoxy groups -OCH3 is 2. The monoisotopic (exact) mass is 390 g/mol. The van der Waals surface area contributed by atoms with Crippen LogP contribution in [0.5, 0.6) is 11.5 Å². The molecule has 2 aliphatic rings. The van der Waals surface area contributed by atoms with Crippen LogP contribution in [-0.2, 0) is 18.6 Å². The third kappa shape index (κ3) is 3.24. The molecular weight excluding hydrogens is 358 g/mol. The van der Waals surface area contributed by atoms with Gasteiger partial charge in [-0.2, -0.15) is 0 Å². The number of benzene rings is 1. The normalized spacial score (nSPS) is 24.5. The van der Waals surface area contributed by atoms with Crippen LogP contribution >= 0.6 is 0 Å².